The molecule has 26 heavy (non-hydrogen) atoms. The van der Waals surface area contributed by atoms with Crippen LogP contribution in [0.4, 0.5) is 0 Å². The second-order valence-corrected chi connectivity index (χ2v) is 9.46. The molecule has 0 amide bonds. The Hall–Kier alpha value is -1.86. The van der Waals surface area contributed by atoms with Gasteiger partial charge in [-0.1, -0.05) is 32.9 Å². The number of hydrogen-bond donors (Lipinski definition) is 1. The van der Waals surface area contributed by atoms with Crippen molar-refractivity contribution in [2.24, 2.45) is 5.10 Å². The van der Waals surface area contributed by atoms with E-state index in [0.717, 1.165) is 15.6 Å². The van der Waals surface area contributed by atoms with Crippen LogP contribution in [0.15, 0.2) is 50.9 Å². The van der Waals surface area contributed by atoms with Gasteiger partial charge in [0, 0.05) is 0 Å². The van der Waals surface area contributed by atoms with Gasteiger partial charge in [-0.3, -0.25) is 0 Å². The number of nitrogens with one attached hydrogen (secondary N) is 1. The molecule has 140 valence electrons. The normalized spacial score (nSPS) is 12.4. The number of benzene rings is 2. The van der Waals surface area contributed by atoms with Crippen molar-refractivity contribution in [2.75, 3.05) is 7.11 Å². The molecule has 2 aromatic carbocycles. The fourth-order valence-corrected chi connectivity index (χ4v) is 3.96. The zero-order valence-electron chi connectivity index (χ0n) is 15.5. The number of aryl methyl sites for hydroxylation is 1. The molecule has 2 aromatic rings. The van der Waals surface area contributed by atoms with Crippen molar-refractivity contribution in [2.45, 2.75) is 38.0 Å². The van der Waals surface area contributed by atoms with Crippen LogP contribution in [0.2, 0.25) is 0 Å². The smallest absolute Gasteiger partial charge is 0.276 e. The third kappa shape index (κ3) is 4.86. The molecule has 7 heteroatoms. The largest absolute Gasteiger partial charge is 0.496 e. The van der Waals surface area contributed by atoms with Crippen LogP contribution >= 0.6 is 15.9 Å². The molecule has 0 spiro atoms. The van der Waals surface area contributed by atoms with E-state index in [2.05, 4.69) is 25.9 Å². The van der Waals surface area contributed by atoms with E-state index in [9.17, 15) is 8.42 Å². The summed E-state index contributed by atoms with van der Waals surface area (Å²) in [4.78, 5) is 2.52. The highest BCUT2D eigenvalue weighted by Gasteiger charge is 2.21. The summed E-state index contributed by atoms with van der Waals surface area (Å²) < 4.78 is 31.2. The number of halogens is 1. The first-order valence-corrected chi connectivity index (χ1v) is 10.3. The van der Waals surface area contributed by atoms with Gasteiger partial charge in [-0.25, -0.2) is 4.83 Å². The Morgan fingerprint density at radius 3 is 2.42 bits per heavy atom. The average Bonchev–Trinajstić information content (AvgIpc) is 2.54. The third-order valence-electron chi connectivity index (χ3n) is 3.91. The first kappa shape index (κ1) is 20.5. The number of rotatable bonds is 5. The molecule has 1 N–H and O–H groups in total. The first-order valence-electron chi connectivity index (χ1n) is 8.04. The van der Waals surface area contributed by atoms with Crippen LogP contribution in [-0.2, 0) is 15.4 Å². The number of hydrazone groups is 1. The lowest BCUT2D eigenvalue weighted by molar-refractivity contribution is 0.412. The fraction of sp³-hybridized carbons (Fsp3) is 0.316. The predicted molar refractivity (Wildman–Crippen MR) is 108 cm³/mol. The molecule has 0 bridgehead atoms. The number of methoxy groups -OCH3 is 1. The number of hydrogen-bond acceptors (Lipinski definition) is 4. The fourth-order valence-electron chi connectivity index (χ4n) is 2.34. The Bertz CT molecular complexity index is 932. The third-order valence-corrected chi connectivity index (χ3v) is 5.89. The van der Waals surface area contributed by atoms with E-state index in [-0.39, 0.29) is 10.3 Å². The van der Waals surface area contributed by atoms with Gasteiger partial charge >= 0.3 is 0 Å². The van der Waals surface area contributed by atoms with E-state index in [1.54, 1.807) is 38.3 Å². The predicted octanol–water partition coefficient (Wildman–Crippen LogP) is 4.38. The molecule has 0 radical (unpaired) electrons. The minimum atomic E-state index is -3.75. The summed E-state index contributed by atoms with van der Waals surface area (Å²) in [5.41, 5.74) is 2.22. The van der Waals surface area contributed by atoms with Crippen LogP contribution in [0.5, 0.6) is 5.75 Å². The molecule has 2 rings (SSSR count). The molecule has 0 aliphatic rings. The van der Waals surface area contributed by atoms with Gasteiger partial charge in [0.15, 0.2) is 0 Å². The van der Waals surface area contributed by atoms with Gasteiger partial charge in [-0.05, 0) is 69.2 Å². The van der Waals surface area contributed by atoms with E-state index in [1.165, 1.54) is 6.21 Å². The summed E-state index contributed by atoms with van der Waals surface area (Å²) in [6.45, 7) is 7.90. The minimum Gasteiger partial charge on any atom is -0.496 e. The van der Waals surface area contributed by atoms with E-state index in [0.29, 0.717) is 11.3 Å². The molecular weight excluding hydrogens is 416 g/mol. The molecular formula is C19H23BrN2O3S. The summed E-state index contributed by atoms with van der Waals surface area (Å²) in [7, 11) is -2.17. The van der Waals surface area contributed by atoms with Crippen molar-refractivity contribution in [3.63, 3.8) is 0 Å². The SMILES string of the molecule is COc1ccc(/C=N/NS(=O)(=O)c2cc(C(C)(C)C)ccc2C)cc1Br. The van der Waals surface area contributed by atoms with Crippen LogP contribution in [0.25, 0.3) is 0 Å². The highest BCUT2D eigenvalue weighted by Crippen LogP contribution is 2.27. The molecule has 5 nitrogen and oxygen atoms in total. The second kappa shape index (κ2) is 7.80. The van der Waals surface area contributed by atoms with Crippen molar-refractivity contribution in [3.05, 3.63) is 57.6 Å². The summed E-state index contributed by atoms with van der Waals surface area (Å²) in [6, 6.07) is 10.8. The van der Waals surface area contributed by atoms with Crippen molar-refractivity contribution >= 4 is 32.2 Å². The van der Waals surface area contributed by atoms with Gasteiger partial charge in [-0.15, -0.1) is 0 Å². The van der Waals surface area contributed by atoms with E-state index < -0.39 is 10.0 Å². The average molecular weight is 439 g/mol. The van der Waals surface area contributed by atoms with Crippen LogP contribution < -0.4 is 9.57 Å². The Morgan fingerprint density at radius 2 is 1.85 bits per heavy atom. The van der Waals surface area contributed by atoms with Crippen molar-refractivity contribution in [1.82, 2.24) is 4.83 Å². The topological polar surface area (TPSA) is 67.8 Å². The number of sulfonamides is 1. The summed E-state index contributed by atoms with van der Waals surface area (Å²) in [5.74, 6) is 0.692. The van der Waals surface area contributed by atoms with Gasteiger partial charge in [0.05, 0.1) is 22.7 Å². The van der Waals surface area contributed by atoms with Crippen molar-refractivity contribution in [1.29, 1.82) is 0 Å². The van der Waals surface area contributed by atoms with E-state index >= 15 is 0 Å². The molecule has 0 atom stereocenters. The van der Waals surface area contributed by atoms with Crippen LogP contribution in [0, 0.1) is 6.92 Å². The minimum absolute atomic E-state index is 0.142. The lowest BCUT2D eigenvalue weighted by atomic mass is 9.87. The Balaban J connectivity index is 2.25. The van der Waals surface area contributed by atoms with Gasteiger partial charge in [0.25, 0.3) is 10.0 Å². The van der Waals surface area contributed by atoms with Gasteiger partial charge in [0.1, 0.15) is 5.75 Å². The lowest BCUT2D eigenvalue weighted by Crippen LogP contribution is -2.21. The Kier molecular flexibility index (Phi) is 6.13. The number of nitrogens with zero attached hydrogens (tertiary/aromatic N) is 1. The van der Waals surface area contributed by atoms with Crippen LogP contribution in [0.1, 0.15) is 37.5 Å². The summed E-state index contributed by atoms with van der Waals surface area (Å²) >= 11 is 3.39. The zero-order chi connectivity index (χ0) is 19.5. The lowest BCUT2D eigenvalue weighted by Gasteiger charge is -2.20. The summed E-state index contributed by atoms with van der Waals surface area (Å²) in [6.07, 6.45) is 1.45. The maximum atomic E-state index is 12.6. The highest BCUT2D eigenvalue weighted by atomic mass is 79.9. The molecule has 0 unspecified atom stereocenters. The van der Waals surface area contributed by atoms with E-state index in [1.807, 2.05) is 32.9 Å². The monoisotopic (exact) mass is 438 g/mol. The van der Waals surface area contributed by atoms with Gasteiger partial charge in [-0.2, -0.15) is 13.5 Å². The zero-order valence-corrected chi connectivity index (χ0v) is 17.9. The molecule has 0 fully saturated rings. The molecule has 0 aliphatic carbocycles. The molecule has 0 saturated carbocycles. The van der Waals surface area contributed by atoms with Crippen molar-refractivity contribution in [3.8, 4) is 5.75 Å². The van der Waals surface area contributed by atoms with E-state index in [4.69, 9.17) is 4.74 Å². The molecule has 0 saturated heterocycles. The van der Waals surface area contributed by atoms with Crippen molar-refractivity contribution < 1.29 is 13.2 Å². The first-order chi connectivity index (χ1) is 12.0. The van der Waals surface area contributed by atoms with Gasteiger partial charge < -0.3 is 4.74 Å². The molecule has 0 aromatic heterocycles. The quantitative estimate of drug-likeness (QED) is 0.556. The highest BCUT2D eigenvalue weighted by molar-refractivity contribution is 9.10. The Labute approximate surface area is 163 Å². The van der Waals surface area contributed by atoms with Gasteiger partial charge in [0.2, 0.25) is 0 Å². The molecule has 0 heterocycles. The maximum Gasteiger partial charge on any atom is 0.276 e. The Morgan fingerprint density at radius 1 is 1.15 bits per heavy atom. The summed E-state index contributed by atoms with van der Waals surface area (Å²) in [5, 5.41) is 3.89. The second-order valence-electron chi connectivity index (χ2n) is 6.98. The molecule has 0 aliphatic heterocycles. The standard InChI is InChI=1S/C19H23BrN2O3S/c1-13-6-8-15(19(2,3)4)11-18(13)26(23,24)22-21-12-14-7-9-17(25-5)16(20)10-14/h6-12,22H,1-5H3/b21-12+. The maximum absolute atomic E-state index is 12.6. The van der Waals surface area contributed by atoms with Crippen LogP contribution in [0.3, 0.4) is 0 Å². The van der Waals surface area contributed by atoms with Crippen LogP contribution in [-0.4, -0.2) is 21.7 Å². The number of ether oxygens (including phenoxy) is 1.